The van der Waals surface area contributed by atoms with E-state index in [2.05, 4.69) is 36.4 Å². The van der Waals surface area contributed by atoms with E-state index in [0.717, 1.165) is 26.8 Å². The Balaban J connectivity index is 1.68. The summed E-state index contributed by atoms with van der Waals surface area (Å²) in [5.41, 5.74) is 5.46. The van der Waals surface area contributed by atoms with Crippen LogP contribution in [0.3, 0.4) is 0 Å². The molecule has 3 aromatic rings. The number of ether oxygens (including phenoxy) is 1. The average molecular weight is 433 g/mol. The number of H-pyrrole nitrogens is 2. The third-order valence-corrected chi connectivity index (χ3v) is 4.30. The van der Waals surface area contributed by atoms with E-state index >= 15 is 0 Å². The molecule has 0 atom stereocenters. The highest BCUT2D eigenvalue weighted by molar-refractivity contribution is 9.10. The zero-order chi connectivity index (χ0) is 18.7. The first kappa shape index (κ1) is 18.3. The van der Waals surface area contributed by atoms with Crippen molar-refractivity contribution in [3.8, 4) is 5.75 Å². The van der Waals surface area contributed by atoms with Crippen molar-refractivity contribution in [3.63, 3.8) is 0 Å². The van der Waals surface area contributed by atoms with Crippen molar-refractivity contribution in [2.45, 2.75) is 20.0 Å². The van der Waals surface area contributed by atoms with Crippen molar-refractivity contribution in [1.82, 2.24) is 15.4 Å². The lowest BCUT2D eigenvalue weighted by Gasteiger charge is -2.11. The van der Waals surface area contributed by atoms with Crippen LogP contribution in [0, 0.1) is 4.77 Å². The minimum absolute atomic E-state index is 0.0940. The molecule has 1 amide bonds. The largest absolute Gasteiger partial charge is 0.490 e. The van der Waals surface area contributed by atoms with Gasteiger partial charge in [-0.05, 0) is 84.0 Å². The Labute approximate surface area is 163 Å². The molecule has 1 heterocycles. The quantitative estimate of drug-likeness (QED) is 0.314. The number of benzene rings is 2. The number of aromatic nitrogens is 2. The van der Waals surface area contributed by atoms with Gasteiger partial charge in [0.05, 0.1) is 27.8 Å². The lowest BCUT2D eigenvalue weighted by Crippen LogP contribution is -2.17. The smallest absolute Gasteiger partial charge is 0.271 e. The molecule has 0 aliphatic rings. The number of nitrogens with zero attached hydrogens (tertiary/aromatic N) is 1. The molecule has 1 aromatic heterocycles. The van der Waals surface area contributed by atoms with Gasteiger partial charge in [0.25, 0.3) is 5.91 Å². The van der Waals surface area contributed by atoms with Gasteiger partial charge < -0.3 is 14.7 Å². The molecule has 6 nitrogen and oxygen atoms in total. The number of carbonyl (C=O) groups is 1. The van der Waals surface area contributed by atoms with Crippen molar-refractivity contribution < 1.29 is 9.53 Å². The van der Waals surface area contributed by atoms with Crippen LogP contribution in [0.2, 0.25) is 0 Å². The molecule has 8 heteroatoms. The van der Waals surface area contributed by atoms with Crippen molar-refractivity contribution in [3.05, 3.63) is 56.8 Å². The van der Waals surface area contributed by atoms with Crippen LogP contribution in [0.15, 0.2) is 46.0 Å². The summed E-state index contributed by atoms with van der Waals surface area (Å²) in [4.78, 5) is 18.2. The van der Waals surface area contributed by atoms with Crippen LogP contribution < -0.4 is 10.2 Å². The monoisotopic (exact) mass is 432 g/mol. The highest BCUT2D eigenvalue weighted by Crippen LogP contribution is 2.26. The molecule has 0 saturated carbocycles. The zero-order valence-corrected chi connectivity index (χ0v) is 16.6. The van der Waals surface area contributed by atoms with Gasteiger partial charge in [-0.2, -0.15) is 5.10 Å². The number of halogens is 1. The van der Waals surface area contributed by atoms with E-state index in [9.17, 15) is 4.79 Å². The summed E-state index contributed by atoms with van der Waals surface area (Å²) in [6.07, 6.45) is 1.67. The van der Waals surface area contributed by atoms with Gasteiger partial charge in [0.2, 0.25) is 0 Å². The third kappa shape index (κ3) is 4.39. The number of hydrogen-bond acceptors (Lipinski definition) is 4. The van der Waals surface area contributed by atoms with Crippen LogP contribution in [-0.2, 0) is 0 Å². The van der Waals surface area contributed by atoms with Crippen LogP contribution in [0.5, 0.6) is 5.75 Å². The van der Waals surface area contributed by atoms with Gasteiger partial charge in [-0.15, -0.1) is 0 Å². The molecule has 0 aliphatic carbocycles. The number of rotatable bonds is 5. The van der Waals surface area contributed by atoms with E-state index in [-0.39, 0.29) is 12.0 Å². The maximum absolute atomic E-state index is 12.2. The molecule has 0 aliphatic heterocycles. The fourth-order valence-electron chi connectivity index (χ4n) is 2.35. The Bertz CT molecular complexity index is 1040. The lowest BCUT2D eigenvalue weighted by molar-refractivity contribution is 0.0955. The average Bonchev–Trinajstić information content (AvgIpc) is 2.96. The summed E-state index contributed by atoms with van der Waals surface area (Å²) in [6, 6.07) is 10.8. The molecule has 0 radical (unpaired) electrons. The van der Waals surface area contributed by atoms with Crippen molar-refractivity contribution in [1.29, 1.82) is 0 Å². The van der Waals surface area contributed by atoms with Gasteiger partial charge in [-0.1, -0.05) is 0 Å². The second-order valence-corrected chi connectivity index (χ2v) is 7.16. The van der Waals surface area contributed by atoms with E-state index in [1.807, 2.05) is 32.0 Å². The molecule has 0 unspecified atom stereocenters. The molecule has 2 aromatic carbocycles. The molecule has 26 heavy (non-hydrogen) atoms. The van der Waals surface area contributed by atoms with Crippen molar-refractivity contribution in [2.75, 3.05) is 0 Å². The predicted octanol–water partition coefficient (Wildman–Crippen LogP) is 4.54. The standard InChI is InChI=1S/C18H17BrN4O2S/c1-10(2)25-16-6-3-11(7-13(16)19)9-20-23-17(24)12-4-5-14-15(8-12)22-18(26)21-14/h3-10H,1-2H3,(H,23,24)(H2,21,22,26)/b20-9-. The molecular weight excluding hydrogens is 416 g/mol. The topological polar surface area (TPSA) is 82.3 Å². The first-order chi connectivity index (χ1) is 12.4. The molecule has 3 rings (SSSR count). The van der Waals surface area contributed by atoms with Gasteiger partial charge in [0.15, 0.2) is 4.77 Å². The number of fused-ring (bicyclic) bond motifs is 1. The predicted molar refractivity (Wildman–Crippen MR) is 108 cm³/mol. The van der Waals surface area contributed by atoms with E-state index in [4.69, 9.17) is 17.0 Å². The fraction of sp³-hybridized carbons (Fsp3) is 0.167. The Morgan fingerprint density at radius 2 is 2.00 bits per heavy atom. The highest BCUT2D eigenvalue weighted by atomic mass is 79.9. The van der Waals surface area contributed by atoms with Gasteiger partial charge in [0.1, 0.15) is 5.75 Å². The number of nitrogens with one attached hydrogen (secondary N) is 3. The molecular formula is C18H17BrN4O2S. The van der Waals surface area contributed by atoms with E-state index in [0.29, 0.717) is 10.3 Å². The summed E-state index contributed by atoms with van der Waals surface area (Å²) < 4.78 is 7.01. The molecule has 0 saturated heterocycles. The number of hydrogen-bond donors (Lipinski definition) is 3. The summed E-state index contributed by atoms with van der Waals surface area (Å²) in [5.74, 6) is 0.459. The van der Waals surface area contributed by atoms with E-state index in [1.165, 1.54) is 0 Å². The summed E-state index contributed by atoms with van der Waals surface area (Å²) in [5, 5.41) is 4.01. The van der Waals surface area contributed by atoms with Crippen molar-refractivity contribution >= 4 is 51.3 Å². The number of imidazole rings is 1. The minimum Gasteiger partial charge on any atom is -0.490 e. The van der Waals surface area contributed by atoms with Crippen LogP contribution in [0.1, 0.15) is 29.8 Å². The van der Waals surface area contributed by atoms with Gasteiger partial charge in [0, 0.05) is 5.56 Å². The molecule has 3 N–H and O–H groups in total. The molecule has 0 spiro atoms. The van der Waals surface area contributed by atoms with Gasteiger partial charge in [-0.3, -0.25) is 4.79 Å². The maximum Gasteiger partial charge on any atom is 0.271 e. The SMILES string of the molecule is CC(C)Oc1ccc(/C=N\NC(=O)c2ccc3[nH]c(=S)[nH]c3c2)cc1Br. The van der Waals surface area contributed by atoms with Gasteiger partial charge >= 0.3 is 0 Å². The number of aromatic amines is 2. The number of hydrazone groups is 1. The zero-order valence-electron chi connectivity index (χ0n) is 14.2. The van der Waals surface area contributed by atoms with Crippen LogP contribution in [0.4, 0.5) is 0 Å². The summed E-state index contributed by atoms with van der Waals surface area (Å²) >= 11 is 8.51. The van der Waals surface area contributed by atoms with Gasteiger partial charge in [-0.25, -0.2) is 5.43 Å². The number of carbonyl (C=O) groups excluding carboxylic acids is 1. The summed E-state index contributed by atoms with van der Waals surface area (Å²) in [6.45, 7) is 3.94. The Morgan fingerprint density at radius 3 is 2.73 bits per heavy atom. The van der Waals surface area contributed by atoms with Crippen LogP contribution in [-0.4, -0.2) is 28.2 Å². The lowest BCUT2D eigenvalue weighted by atomic mass is 10.2. The van der Waals surface area contributed by atoms with Crippen LogP contribution >= 0.6 is 28.1 Å². The number of amides is 1. The Morgan fingerprint density at radius 1 is 1.23 bits per heavy atom. The molecule has 134 valence electrons. The second kappa shape index (κ2) is 7.84. The summed E-state index contributed by atoms with van der Waals surface area (Å²) in [7, 11) is 0. The first-order valence-corrected chi connectivity index (χ1v) is 9.14. The van der Waals surface area contributed by atoms with Crippen molar-refractivity contribution in [2.24, 2.45) is 5.10 Å². The van der Waals surface area contributed by atoms with Crippen LogP contribution in [0.25, 0.3) is 11.0 Å². The fourth-order valence-corrected chi connectivity index (χ4v) is 3.06. The first-order valence-electron chi connectivity index (χ1n) is 7.94. The van der Waals surface area contributed by atoms with E-state index < -0.39 is 0 Å². The normalized spacial score (nSPS) is 11.4. The maximum atomic E-state index is 12.2. The second-order valence-electron chi connectivity index (χ2n) is 5.90. The minimum atomic E-state index is -0.303. The molecule has 0 fully saturated rings. The van der Waals surface area contributed by atoms with E-state index in [1.54, 1.807) is 24.4 Å². The molecule has 0 bridgehead atoms. The Kier molecular flexibility index (Phi) is 5.53. The third-order valence-electron chi connectivity index (χ3n) is 3.48. The Hall–Kier alpha value is -2.45. The highest BCUT2D eigenvalue weighted by Gasteiger charge is 2.07.